The Hall–Kier alpha value is -2.57. The van der Waals surface area contributed by atoms with E-state index in [1.165, 1.54) is 0 Å². The molecule has 1 heterocycles. The first-order valence-corrected chi connectivity index (χ1v) is 5.22. The lowest BCUT2D eigenvalue weighted by Crippen LogP contribution is -2.20. The van der Waals surface area contributed by atoms with Gasteiger partial charge in [0.25, 0.3) is 5.56 Å². The normalized spacial score (nSPS) is 10.4. The summed E-state index contributed by atoms with van der Waals surface area (Å²) in [5.74, 6) is -2.74. The summed E-state index contributed by atoms with van der Waals surface area (Å²) in [6.45, 7) is 0. The molecule has 0 radical (unpaired) electrons. The molecule has 2 N–H and O–H groups in total. The number of rotatable bonds is 3. The highest BCUT2D eigenvalue weighted by molar-refractivity contribution is 5.86. The standard InChI is InChI=1S/C12H8F2N2O3/c13-7-1-6(2-8(14)4-7)3-10-15-5-9(12(18)19)11(17)16-10/h1-2,4-5H,3H2,(H,18,19)(H,15,16,17). The van der Waals surface area contributed by atoms with Crippen molar-refractivity contribution in [1.82, 2.24) is 9.97 Å². The molecule has 1 aromatic carbocycles. The van der Waals surface area contributed by atoms with Crippen molar-refractivity contribution in [3.8, 4) is 0 Å². The second kappa shape index (κ2) is 4.97. The van der Waals surface area contributed by atoms with Crippen molar-refractivity contribution in [2.75, 3.05) is 0 Å². The van der Waals surface area contributed by atoms with Gasteiger partial charge >= 0.3 is 5.97 Å². The number of aromatic nitrogens is 2. The Labute approximate surface area is 105 Å². The third-order valence-corrected chi connectivity index (χ3v) is 2.38. The van der Waals surface area contributed by atoms with Gasteiger partial charge in [-0.2, -0.15) is 0 Å². The molecule has 19 heavy (non-hydrogen) atoms. The summed E-state index contributed by atoms with van der Waals surface area (Å²) in [7, 11) is 0. The maximum absolute atomic E-state index is 13.0. The molecule has 2 aromatic rings. The minimum Gasteiger partial charge on any atom is -0.477 e. The van der Waals surface area contributed by atoms with E-state index in [9.17, 15) is 18.4 Å². The summed E-state index contributed by atoms with van der Waals surface area (Å²) in [5, 5.41) is 8.66. The Balaban J connectivity index is 2.31. The SMILES string of the molecule is O=C(O)c1cnc(Cc2cc(F)cc(F)c2)[nH]c1=O. The zero-order chi connectivity index (χ0) is 14.0. The molecule has 0 fully saturated rings. The highest BCUT2D eigenvalue weighted by Crippen LogP contribution is 2.10. The predicted octanol–water partition coefficient (Wildman–Crippen LogP) is 1.34. The van der Waals surface area contributed by atoms with E-state index in [0.717, 1.165) is 24.4 Å². The maximum atomic E-state index is 13.0. The van der Waals surface area contributed by atoms with E-state index in [4.69, 9.17) is 5.11 Å². The van der Waals surface area contributed by atoms with Crippen LogP contribution in [0.2, 0.25) is 0 Å². The third-order valence-electron chi connectivity index (χ3n) is 2.38. The highest BCUT2D eigenvalue weighted by atomic mass is 19.1. The Morgan fingerprint density at radius 3 is 2.42 bits per heavy atom. The molecule has 0 aliphatic carbocycles. The molecule has 2 rings (SSSR count). The third kappa shape index (κ3) is 3.01. The van der Waals surface area contributed by atoms with Crippen LogP contribution in [0.1, 0.15) is 21.7 Å². The van der Waals surface area contributed by atoms with E-state index >= 15 is 0 Å². The van der Waals surface area contributed by atoms with Gasteiger partial charge in [0.15, 0.2) is 0 Å². The molecule has 0 saturated carbocycles. The van der Waals surface area contributed by atoms with Crippen LogP contribution >= 0.6 is 0 Å². The monoisotopic (exact) mass is 266 g/mol. The van der Waals surface area contributed by atoms with E-state index in [0.29, 0.717) is 0 Å². The minimum absolute atomic E-state index is 0.0101. The largest absolute Gasteiger partial charge is 0.477 e. The number of H-pyrrole nitrogens is 1. The number of carboxylic acid groups (broad SMARTS) is 1. The molecular formula is C12H8F2N2O3. The molecule has 0 amide bonds. The van der Waals surface area contributed by atoms with Crippen molar-refractivity contribution in [3.63, 3.8) is 0 Å². The van der Waals surface area contributed by atoms with Crippen molar-refractivity contribution in [2.45, 2.75) is 6.42 Å². The lowest BCUT2D eigenvalue weighted by molar-refractivity contribution is 0.0694. The molecule has 0 saturated heterocycles. The number of hydrogen-bond donors (Lipinski definition) is 2. The Bertz CT molecular complexity index is 677. The van der Waals surface area contributed by atoms with Crippen LogP contribution in [-0.2, 0) is 6.42 Å². The van der Waals surface area contributed by atoms with Crippen molar-refractivity contribution in [1.29, 1.82) is 0 Å². The number of nitrogens with zero attached hydrogens (tertiary/aromatic N) is 1. The zero-order valence-corrected chi connectivity index (χ0v) is 9.48. The molecular weight excluding hydrogens is 258 g/mol. The van der Waals surface area contributed by atoms with Gasteiger partial charge in [-0.25, -0.2) is 18.6 Å². The van der Waals surface area contributed by atoms with Crippen LogP contribution in [0.3, 0.4) is 0 Å². The molecule has 98 valence electrons. The lowest BCUT2D eigenvalue weighted by atomic mass is 10.1. The average Bonchev–Trinajstić information content (AvgIpc) is 2.26. The van der Waals surface area contributed by atoms with Gasteiger partial charge in [-0.3, -0.25) is 4.79 Å². The number of carboxylic acids is 1. The van der Waals surface area contributed by atoms with Crippen LogP contribution < -0.4 is 5.56 Å². The molecule has 0 aliphatic heterocycles. The summed E-state index contributed by atoms with van der Waals surface area (Å²) in [6.07, 6.45) is 0.899. The van der Waals surface area contributed by atoms with Crippen LogP contribution in [0.25, 0.3) is 0 Å². The van der Waals surface area contributed by atoms with E-state index in [2.05, 4.69) is 9.97 Å². The van der Waals surface area contributed by atoms with E-state index in [-0.39, 0.29) is 17.8 Å². The summed E-state index contributed by atoms with van der Waals surface area (Å²) in [6, 6.07) is 2.94. The topological polar surface area (TPSA) is 83.0 Å². The summed E-state index contributed by atoms with van der Waals surface area (Å²) in [4.78, 5) is 28.0. The summed E-state index contributed by atoms with van der Waals surface area (Å²) in [5.41, 5.74) is -1.02. The van der Waals surface area contributed by atoms with Crippen molar-refractivity contribution in [2.24, 2.45) is 0 Å². The number of nitrogens with one attached hydrogen (secondary N) is 1. The summed E-state index contributed by atoms with van der Waals surface area (Å²) >= 11 is 0. The lowest BCUT2D eigenvalue weighted by Gasteiger charge is -2.02. The Morgan fingerprint density at radius 1 is 1.26 bits per heavy atom. The Kier molecular flexibility index (Phi) is 3.37. The first kappa shape index (κ1) is 12.9. The van der Waals surface area contributed by atoms with Gasteiger partial charge in [0.2, 0.25) is 0 Å². The second-order valence-electron chi connectivity index (χ2n) is 3.83. The smallest absolute Gasteiger partial charge is 0.342 e. The number of benzene rings is 1. The first-order chi connectivity index (χ1) is 8.95. The molecule has 5 nitrogen and oxygen atoms in total. The van der Waals surface area contributed by atoms with Gasteiger partial charge < -0.3 is 10.1 Å². The molecule has 7 heteroatoms. The molecule has 0 atom stereocenters. The molecule has 1 aromatic heterocycles. The van der Waals surface area contributed by atoms with Crippen molar-refractivity contribution in [3.05, 3.63) is 63.3 Å². The number of halogens is 2. The molecule has 0 unspecified atom stereocenters. The number of aromatic amines is 1. The van der Waals surface area contributed by atoms with Crippen molar-refractivity contribution < 1.29 is 18.7 Å². The molecule has 0 spiro atoms. The van der Waals surface area contributed by atoms with E-state index in [1.54, 1.807) is 0 Å². The fraction of sp³-hybridized carbons (Fsp3) is 0.0833. The molecule has 0 bridgehead atoms. The van der Waals surface area contributed by atoms with Gasteiger partial charge in [0, 0.05) is 18.7 Å². The van der Waals surface area contributed by atoms with Crippen molar-refractivity contribution >= 4 is 5.97 Å². The van der Waals surface area contributed by atoms with Gasteiger partial charge in [0.1, 0.15) is 23.0 Å². The van der Waals surface area contributed by atoms with Crippen LogP contribution in [0.15, 0.2) is 29.2 Å². The van der Waals surface area contributed by atoms with Gasteiger partial charge in [0.05, 0.1) is 0 Å². The van der Waals surface area contributed by atoms with Gasteiger partial charge in [-0.15, -0.1) is 0 Å². The van der Waals surface area contributed by atoms with Gasteiger partial charge in [-0.05, 0) is 17.7 Å². The maximum Gasteiger partial charge on any atom is 0.342 e. The number of hydrogen-bond acceptors (Lipinski definition) is 3. The van der Waals surface area contributed by atoms with E-state index < -0.39 is 28.7 Å². The number of carbonyl (C=O) groups is 1. The Morgan fingerprint density at radius 2 is 1.89 bits per heavy atom. The summed E-state index contributed by atoms with van der Waals surface area (Å²) < 4.78 is 25.9. The van der Waals surface area contributed by atoms with E-state index in [1.807, 2.05) is 0 Å². The van der Waals surface area contributed by atoms with Crippen LogP contribution in [0.4, 0.5) is 8.78 Å². The average molecular weight is 266 g/mol. The fourth-order valence-corrected chi connectivity index (χ4v) is 1.58. The fourth-order valence-electron chi connectivity index (χ4n) is 1.58. The van der Waals surface area contributed by atoms with Crippen LogP contribution in [0.5, 0.6) is 0 Å². The van der Waals surface area contributed by atoms with Crippen LogP contribution in [0, 0.1) is 11.6 Å². The zero-order valence-electron chi connectivity index (χ0n) is 9.48. The predicted molar refractivity (Wildman–Crippen MR) is 61.0 cm³/mol. The second-order valence-corrected chi connectivity index (χ2v) is 3.83. The number of aromatic carboxylic acids is 1. The highest BCUT2D eigenvalue weighted by Gasteiger charge is 2.10. The minimum atomic E-state index is -1.39. The van der Waals surface area contributed by atoms with Gasteiger partial charge in [-0.1, -0.05) is 0 Å². The first-order valence-electron chi connectivity index (χ1n) is 5.22. The van der Waals surface area contributed by atoms with Crippen LogP contribution in [-0.4, -0.2) is 21.0 Å². The quantitative estimate of drug-likeness (QED) is 0.878. The molecule has 0 aliphatic rings.